The topological polar surface area (TPSA) is 81.4 Å². The Morgan fingerprint density at radius 2 is 1.94 bits per heavy atom. The van der Waals surface area contributed by atoms with Crippen LogP contribution in [-0.4, -0.2) is 45.9 Å². The quantitative estimate of drug-likeness (QED) is 0.708. The summed E-state index contributed by atoms with van der Waals surface area (Å²) in [5.41, 5.74) is 4.81. The zero-order valence-corrected chi connectivity index (χ0v) is 9.60. The van der Waals surface area contributed by atoms with Crippen LogP contribution in [0.25, 0.3) is 0 Å². The average molecular weight is 258 g/mol. The molecule has 0 atom stereocenters. The Morgan fingerprint density at radius 1 is 1.38 bits per heavy atom. The van der Waals surface area contributed by atoms with Gasteiger partial charge in [0.05, 0.1) is 18.3 Å². The van der Waals surface area contributed by atoms with Crippen molar-refractivity contribution in [1.82, 2.24) is 4.72 Å². The van der Waals surface area contributed by atoms with Crippen LogP contribution in [0.5, 0.6) is 0 Å². The molecule has 1 heterocycles. The fourth-order valence-corrected chi connectivity index (χ4v) is 2.84. The van der Waals surface area contributed by atoms with Gasteiger partial charge in [-0.25, -0.2) is 21.9 Å². The van der Waals surface area contributed by atoms with Gasteiger partial charge in [-0.2, -0.15) is 0 Å². The van der Waals surface area contributed by atoms with Crippen LogP contribution in [0, 0.1) is 0 Å². The third-order valence-electron chi connectivity index (χ3n) is 2.44. The van der Waals surface area contributed by atoms with Gasteiger partial charge in [0.25, 0.3) is 5.92 Å². The second-order valence-corrected chi connectivity index (χ2v) is 5.78. The minimum Gasteiger partial charge on any atom is -0.381 e. The summed E-state index contributed by atoms with van der Waals surface area (Å²) >= 11 is 0. The summed E-state index contributed by atoms with van der Waals surface area (Å²) < 4.78 is 55.7. The number of ether oxygens (including phenoxy) is 1. The van der Waals surface area contributed by atoms with Gasteiger partial charge in [-0.3, -0.25) is 0 Å². The van der Waals surface area contributed by atoms with E-state index in [1.807, 2.05) is 4.72 Å². The molecule has 0 amide bonds. The van der Waals surface area contributed by atoms with Crippen molar-refractivity contribution in [3.8, 4) is 0 Å². The molecule has 8 heteroatoms. The van der Waals surface area contributed by atoms with Gasteiger partial charge in [0.15, 0.2) is 0 Å². The predicted molar refractivity (Wildman–Crippen MR) is 54.8 cm³/mol. The van der Waals surface area contributed by atoms with Crippen LogP contribution in [0.2, 0.25) is 0 Å². The highest BCUT2D eigenvalue weighted by Gasteiger charge is 2.33. The molecule has 0 spiro atoms. The summed E-state index contributed by atoms with van der Waals surface area (Å²) in [7, 11) is -3.69. The molecule has 0 unspecified atom stereocenters. The molecule has 0 aromatic carbocycles. The molecule has 1 saturated heterocycles. The monoisotopic (exact) mass is 258 g/mol. The molecule has 0 aromatic rings. The molecule has 0 saturated carbocycles. The van der Waals surface area contributed by atoms with Crippen molar-refractivity contribution < 1.29 is 21.9 Å². The molecule has 1 fully saturated rings. The van der Waals surface area contributed by atoms with E-state index in [2.05, 4.69) is 0 Å². The lowest BCUT2D eigenvalue weighted by molar-refractivity contribution is 0.0168. The van der Waals surface area contributed by atoms with E-state index in [0.717, 1.165) is 0 Å². The van der Waals surface area contributed by atoms with Crippen molar-refractivity contribution >= 4 is 10.0 Å². The van der Waals surface area contributed by atoms with E-state index in [9.17, 15) is 17.2 Å². The second-order valence-electron chi connectivity index (χ2n) is 3.74. The zero-order chi connectivity index (χ0) is 12.2. The van der Waals surface area contributed by atoms with Gasteiger partial charge >= 0.3 is 0 Å². The first-order valence-corrected chi connectivity index (χ1v) is 6.56. The van der Waals surface area contributed by atoms with E-state index in [0.29, 0.717) is 26.1 Å². The van der Waals surface area contributed by atoms with Crippen LogP contribution in [0.15, 0.2) is 0 Å². The highest BCUT2D eigenvalue weighted by molar-refractivity contribution is 7.90. The van der Waals surface area contributed by atoms with Gasteiger partial charge in [0.2, 0.25) is 10.0 Å². The highest BCUT2D eigenvalue weighted by Crippen LogP contribution is 2.16. The number of alkyl halides is 2. The number of sulfonamides is 1. The maximum absolute atomic E-state index is 12.8. The van der Waals surface area contributed by atoms with Crippen molar-refractivity contribution in [2.24, 2.45) is 5.73 Å². The van der Waals surface area contributed by atoms with Crippen molar-refractivity contribution in [1.29, 1.82) is 0 Å². The molecule has 96 valence electrons. The minimum atomic E-state index is -3.69. The van der Waals surface area contributed by atoms with E-state index < -0.39 is 34.3 Å². The van der Waals surface area contributed by atoms with Crippen molar-refractivity contribution in [2.75, 3.05) is 26.3 Å². The molecule has 1 aliphatic rings. The minimum absolute atomic E-state index is 0.337. The lowest BCUT2D eigenvalue weighted by Crippen LogP contribution is -2.45. The first-order valence-electron chi connectivity index (χ1n) is 5.01. The number of rotatable bonds is 5. The Kier molecular flexibility index (Phi) is 4.60. The Bertz CT molecular complexity index is 315. The Morgan fingerprint density at radius 3 is 2.44 bits per heavy atom. The average Bonchev–Trinajstić information content (AvgIpc) is 2.28. The number of nitrogens with one attached hydrogen (secondary N) is 1. The van der Waals surface area contributed by atoms with Gasteiger partial charge in [-0.15, -0.1) is 0 Å². The van der Waals surface area contributed by atoms with E-state index in [1.54, 1.807) is 0 Å². The second kappa shape index (κ2) is 5.35. The Labute approximate surface area is 93.4 Å². The smallest absolute Gasteiger partial charge is 0.273 e. The summed E-state index contributed by atoms with van der Waals surface area (Å²) in [5, 5.41) is -0.644. The van der Waals surface area contributed by atoms with Crippen molar-refractivity contribution in [2.45, 2.75) is 24.0 Å². The normalized spacial score (nSPS) is 19.9. The molecule has 1 rings (SSSR count). The van der Waals surface area contributed by atoms with Crippen LogP contribution in [0.4, 0.5) is 8.78 Å². The molecule has 3 N–H and O–H groups in total. The van der Waals surface area contributed by atoms with Crippen LogP contribution >= 0.6 is 0 Å². The van der Waals surface area contributed by atoms with Crippen LogP contribution in [-0.2, 0) is 14.8 Å². The number of halogens is 2. The maximum Gasteiger partial charge on any atom is 0.273 e. The van der Waals surface area contributed by atoms with E-state index >= 15 is 0 Å². The fourth-order valence-electron chi connectivity index (χ4n) is 1.38. The molecule has 0 radical (unpaired) electrons. The largest absolute Gasteiger partial charge is 0.381 e. The van der Waals surface area contributed by atoms with E-state index in [-0.39, 0.29) is 0 Å². The first kappa shape index (κ1) is 13.8. The Hall–Kier alpha value is -0.310. The van der Waals surface area contributed by atoms with Crippen LogP contribution in [0.1, 0.15) is 12.8 Å². The summed E-state index contributed by atoms with van der Waals surface area (Å²) in [5.74, 6) is -3.20. The molecule has 16 heavy (non-hydrogen) atoms. The van der Waals surface area contributed by atoms with Crippen molar-refractivity contribution in [3.05, 3.63) is 0 Å². The molecule has 5 nitrogen and oxygen atoms in total. The van der Waals surface area contributed by atoms with Crippen molar-refractivity contribution in [3.63, 3.8) is 0 Å². The molecule has 0 bridgehead atoms. The van der Waals surface area contributed by atoms with E-state index in [4.69, 9.17) is 10.5 Å². The third kappa shape index (κ3) is 3.93. The lowest BCUT2D eigenvalue weighted by atomic mass is 10.2. The molecular weight excluding hydrogens is 242 g/mol. The Balaban J connectivity index is 2.51. The zero-order valence-electron chi connectivity index (χ0n) is 8.79. The van der Waals surface area contributed by atoms with Gasteiger partial charge in [-0.1, -0.05) is 0 Å². The lowest BCUT2D eigenvalue weighted by Gasteiger charge is -2.23. The van der Waals surface area contributed by atoms with Crippen LogP contribution in [0.3, 0.4) is 0 Å². The molecular formula is C8H16F2N2O3S. The summed E-state index contributed by atoms with van der Waals surface area (Å²) in [6, 6.07) is 0. The predicted octanol–water partition coefficient (Wildman–Crippen LogP) is -0.321. The molecule has 0 aliphatic carbocycles. The van der Waals surface area contributed by atoms with Gasteiger partial charge in [0, 0.05) is 13.2 Å². The van der Waals surface area contributed by atoms with Gasteiger partial charge in [-0.05, 0) is 12.8 Å². The van der Waals surface area contributed by atoms with Crippen LogP contribution < -0.4 is 10.5 Å². The summed E-state index contributed by atoms with van der Waals surface area (Å²) in [4.78, 5) is 0. The van der Waals surface area contributed by atoms with Gasteiger partial charge < -0.3 is 10.5 Å². The number of hydrogen-bond donors (Lipinski definition) is 2. The highest BCUT2D eigenvalue weighted by atomic mass is 32.2. The van der Waals surface area contributed by atoms with Gasteiger partial charge in [0.1, 0.15) is 0 Å². The SMILES string of the molecule is NCC(F)(F)CNS(=O)(=O)C1CCOCC1. The molecule has 0 aromatic heterocycles. The number of nitrogens with two attached hydrogens (primary N) is 1. The summed E-state index contributed by atoms with van der Waals surface area (Å²) in [6.45, 7) is -1.12. The summed E-state index contributed by atoms with van der Waals surface area (Å²) in [6.07, 6.45) is 0.674. The third-order valence-corrected chi connectivity index (χ3v) is 4.33. The number of hydrogen-bond acceptors (Lipinski definition) is 4. The maximum atomic E-state index is 12.8. The first-order chi connectivity index (χ1) is 7.37. The standard InChI is InChI=1S/C8H16F2N2O3S/c9-8(10,5-11)6-12-16(13,14)7-1-3-15-4-2-7/h7,12H,1-6,11H2. The fraction of sp³-hybridized carbons (Fsp3) is 1.00. The van der Waals surface area contributed by atoms with E-state index in [1.165, 1.54) is 0 Å². The molecule has 1 aliphatic heterocycles.